The predicted octanol–water partition coefficient (Wildman–Crippen LogP) is 25.0. The number of hydrogen-bond donors (Lipinski definition) is 3. The molecule has 103 heavy (non-hydrogen) atoms. The zero-order valence-corrected chi connectivity index (χ0v) is 68.9. The fraction of sp³-hybridized carbons (Fsp3) is 0.905. The van der Waals surface area contributed by atoms with E-state index in [-0.39, 0.29) is 25.7 Å². The van der Waals surface area contributed by atoms with Crippen molar-refractivity contribution in [3.8, 4) is 0 Å². The molecule has 0 aliphatic heterocycles. The summed E-state index contributed by atoms with van der Waals surface area (Å²) < 4.78 is 68.7. The molecule has 17 nitrogen and oxygen atoms in total. The Morgan fingerprint density at radius 2 is 0.573 bits per heavy atom. The molecular formula is C84H160O17P2. The Hall–Kier alpha value is -2.46. The van der Waals surface area contributed by atoms with E-state index in [0.29, 0.717) is 31.6 Å². The summed E-state index contributed by atoms with van der Waals surface area (Å²) in [6.07, 6.45) is 69.0. The third-order valence-electron chi connectivity index (χ3n) is 19.4. The van der Waals surface area contributed by atoms with Crippen molar-refractivity contribution in [2.45, 2.75) is 439 Å². The highest BCUT2D eigenvalue weighted by Gasteiger charge is 2.30. The van der Waals surface area contributed by atoms with Crippen LogP contribution in [0.5, 0.6) is 0 Å². The summed E-state index contributed by atoms with van der Waals surface area (Å²) >= 11 is 0. The fourth-order valence-corrected chi connectivity index (χ4v) is 14.1. The van der Waals surface area contributed by atoms with Gasteiger partial charge < -0.3 is 33.8 Å². The number of phosphoric acid groups is 2. The molecular weight excluding hydrogens is 1340 g/mol. The first-order valence-electron chi connectivity index (χ1n) is 42.8. The van der Waals surface area contributed by atoms with Crippen LogP contribution in [0.2, 0.25) is 0 Å². The van der Waals surface area contributed by atoms with Gasteiger partial charge >= 0.3 is 39.5 Å². The van der Waals surface area contributed by atoms with Crippen LogP contribution in [0.25, 0.3) is 0 Å². The van der Waals surface area contributed by atoms with E-state index in [1.54, 1.807) is 0 Å². The van der Waals surface area contributed by atoms with Gasteiger partial charge in [0.15, 0.2) is 12.2 Å². The lowest BCUT2D eigenvalue weighted by molar-refractivity contribution is -0.161. The first-order chi connectivity index (χ1) is 49.9. The SMILES string of the molecule is CCCCCC/C=C\C=C/CCCCCCCC(=O)O[C@H](COC(=O)CCCCCCCCC(C)C)COP(=O)(O)OC[C@H](O)COP(=O)(O)OC[C@@H](COC(=O)CCCCCCCCCCCCCCCCCCC)OC(=O)CCCCCCCCCCCCCCCCCCCCC(C)CC. The van der Waals surface area contributed by atoms with E-state index < -0.39 is 97.5 Å². The zero-order valence-electron chi connectivity index (χ0n) is 67.1. The van der Waals surface area contributed by atoms with Crippen molar-refractivity contribution in [3.05, 3.63) is 24.3 Å². The van der Waals surface area contributed by atoms with Crippen molar-refractivity contribution in [1.82, 2.24) is 0 Å². The second-order valence-corrected chi connectivity index (χ2v) is 33.2. The lowest BCUT2D eigenvalue weighted by Crippen LogP contribution is -2.30. The summed E-state index contributed by atoms with van der Waals surface area (Å²) in [6, 6.07) is 0. The molecule has 0 aliphatic rings. The van der Waals surface area contributed by atoms with Crippen LogP contribution in [0, 0.1) is 11.8 Å². The number of hydrogen-bond acceptors (Lipinski definition) is 15. The molecule has 0 bridgehead atoms. The van der Waals surface area contributed by atoms with Gasteiger partial charge in [-0.05, 0) is 63.2 Å². The predicted molar refractivity (Wildman–Crippen MR) is 423 cm³/mol. The molecule has 0 aromatic heterocycles. The first-order valence-corrected chi connectivity index (χ1v) is 45.8. The van der Waals surface area contributed by atoms with Gasteiger partial charge in [0.1, 0.15) is 19.3 Å². The lowest BCUT2D eigenvalue weighted by Gasteiger charge is -2.21. The third-order valence-corrected chi connectivity index (χ3v) is 21.3. The monoisotopic (exact) mass is 1500 g/mol. The first kappa shape index (κ1) is 101. The van der Waals surface area contributed by atoms with Crippen molar-refractivity contribution in [2.24, 2.45) is 11.8 Å². The summed E-state index contributed by atoms with van der Waals surface area (Å²) in [7, 11) is -9.94. The van der Waals surface area contributed by atoms with Crippen molar-refractivity contribution in [3.63, 3.8) is 0 Å². The van der Waals surface area contributed by atoms with Gasteiger partial charge in [-0.25, -0.2) is 9.13 Å². The van der Waals surface area contributed by atoms with Gasteiger partial charge in [0, 0.05) is 25.7 Å². The van der Waals surface area contributed by atoms with E-state index in [0.717, 1.165) is 115 Å². The minimum atomic E-state index is -4.97. The summed E-state index contributed by atoms with van der Waals surface area (Å²) in [6.45, 7) is 9.56. The van der Waals surface area contributed by atoms with Crippen molar-refractivity contribution < 1.29 is 80.2 Å². The van der Waals surface area contributed by atoms with Crippen molar-refractivity contribution >= 4 is 39.5 Å². The van der Waals surface area contributed by atoms with Gasteiger partial charge in [-0.1, -0.05) is 368 Å². The van der Waals surface area contributed by atoms with E-state index in [4.69, 9.17) is 37.0 Å². The molecule has 0 saturated heterocycles. The molecule has 19 heteroatoms. The van der Waals surface area contributed by atoms with E-state index in [9.17, 15) is 43.2 Å². The zero-order chi connectivity index (χ0) is 75.6. The van der Waals surface area contributed by atoms with E-state index >= 15 is 0 Å². The number of phosphoric ester groups is 2. The number of carbonyl (C=O) groups excluding carboxylic acids is 4. The van der Waals surface area contributed by atoms with Gasteiger partial charge in [0.25, 0.3) is 0 Å². The molecule has 0 aliphatic carbocycles. The highest BCUT2D eigenvalue weighted by molar-refractivity contribution is 7.47. The number of allylic oxidation sites excluding steroid dienone is 4. The molecule has 0 rings (SSSR count). The fourth-order valence-electron chi connectivity index (χ4n) is 12.5. The number of aliphatic hydroxyl groups is 1. The molecule has 0 radical (unpaired) electrons. The quantitative estimate of drug-likeness (QED) is 0.0169. The van der Waals surface area contributed by atoms with Gasteiger partial charge in [-0.3, -0.25) is 37.3 Å². The molecule has 0 amide bonds. The van der Waals surface area contributed by atoms with Crippen molar-refractivity contribution in [2.75, 3.05) is 39.6 Å². The van der Waals surface area contributed by atoms with Crippen LogP contribution in [0.15, 0.2) is 24.3 Å². The van der Waals surface area contributed by atoms with Gasteiger partial charge in [-0.15, -0.1) is 0 Å². The Labute approximate surface area is 631 Å². The summed E-state index contributed by atoms with van der Waals surface area (Å²) in [4.78, 5) is 73.0. The van der Waals surface area contributed by atoms with Gasteiger partial charge in [0.05, 0.1) is 26.4 Å². The largest absolute Gasteiger partial charge is 0.472 e. The summed E-state index contributed by atoms with van der Waals surface area (Å²) in [5, 5.41) is 10.6. The molecule has 608 valence electrons. The molecule has 3 unspecified atom stereocenters. The van der Waals surface area contributed by atoms with Crippen LogP contribution < -0.4 is 0 Å². The Morgan fingerprint density at radius 3 is 0.874 bits per heavy atom. The van der Waals surface area contributed by atoms with Crippen LogP contribution in [0.3, 0.4) is 0 Å². The molecule has 0 heterocycles. The summed E-state index contributed by atoms with van der Waals surface area (Å²) in [5.74, 6) is -0.593. The molecule has 0 aromatic carbocycles. The Morgan fingerprint density at radius 1 is 0.320 bits per heavy atom. The van der Waals surface area contributed by atoms with Gasteiger partial charge in [-0.2, -0.15) is 0 Å². The number of esters is 4. The highest BCUT2D eigenvalue weighted by atomic mass is 31.2. The molecule has 0 fully saturated rings. The Kier molecular flexibility index (Phi) is 73.2. The average Bonchev–Trinajstić information content (AvgIpc) is 0.912. The minimum Gasteiger partial charge on any atom is -0.462 e. The molecule has 0 aromatic rings. The molecule has 6 atom stereocenters. The normalized spacial score (nSPS) is 14.3. The topological polar surface area (TPSA) is 237 Å². The molecule has 0 saturated carbocycles. The Balaban J connectivity index is 5.24. The van der Waals surface area contributed by atoms with Crippen LogP contribution in [-0.4, -0.2) is 96.7 Å². The van der Waals surface area contributed by atoms with Crippen molar-refractivity contribution in [1.29, 1.82) is 0 Å². The van der Waals surface area contributed by atoms with Gasteiger partial charge in [0.2, 0.25) is 0 Å². The maximum absolute atomic E-state index is 13.1. The number of aliphatic hydroxyl groups excluding tert-OH is 1. The van der Waals surface area contributed by atoms with E-state index in [2.05, 4.69) is 65.8 Å². The van der Waals surface area contributed by atoms with E-state index in [1.165, 1.54) is 218 Å². The number of unbranched alkanes of at least 4 members (excludes halogenated alkanes) is 47. The smallest absolute Gasteiger partial charge is 0.462 e. The number of rotatable bonds is 81. The second-order valence-electron chi connectivity index (χ2n) is 30.3. The second kappa shape index (κ2) is 75.0. The number of ether oxygens (including phenoxy) is 4. The highest BCUT2D eigenvalue weighted by Crippen LogP contribution is 2.45. The van der Waals surface area contributed by atoms with Crippen LogP contribution >= 0.6 is 15.6 Å². The molecule has 0 spiro atoms. The third kappa shape index (κ3) is 76.1. The average molecular weight is 1500 g/mol. The van der Waals surface area contributed by atoms with E-state index in [1.807, 2.05) is 0 Å². The standard InChI is InChI=1S/C84H160O17P2/c1-7-10-12-14-16-18-20-22-24-27-32-35-39-43-47-54-60-66-81(86)94-72-79(100-83(88)68-63-57-49-45-41-37-33-29-26-25-28-31-34-38-42-46-53-59-65-77(6)9-3)74-98-102(90,91)96-70-78(85)71-97-103(92,93)99-75-80(73-95-82(87)67-61-55-51-50-52-58-64-76(4)5)101-84(89)69-62-56-48-44-40-36-30-23-21-19-17-15-13-11-8-2/h19,21,23,30,76-80,85H,7-18,20,22,24-29,31-75H2,1-6H3,(H,90,91)(H,92,93)/b21-19-,30-23-/t77?,78-,79-,80-/m1/s1. The summed E-state index contributed by atoms with van der Waals surface area (Å²) in [5.41, 5.74) is 0. The van der Waals surface area contributed by atoms with Crippen LogP contribution in [0.1, 0.15) is 420 Å². The van der Waals surface area contributed by atoms with Crippen LogP contribution in [0.4, 0.5) is 0 Å². The Bertz CT molecular complexity index is 2070. The number of carbonyl (C=O) groups is 4. The minimum absolute atomic E-state index is 0.0842. The lowest BCUT2D eigenvalue weighted by atomic mass is 9.99. The van der Waals surface area contributed by atoms with Crippen LogP contribution in [-0.2, 0) is 65.4 Å². The maximum Gasteiger partial charge on any atom is 0.472 e. The maximum atomic E-state index is 13.1. The molecule has 3 N–H and O–H groups in total.